The maximum absolute atomic E-state index is 2.58. The predicted octanol–water partition coefficient (Wildman–Crippen LogP) is 0.850. The van der Waals surface area contributed by atoms with Crippen LogP contribution in [-0.2, 0) is 0 Å². The number of piperazine rings is 3. The predicted molar refractivity (Wildman–Crippen MR) is 52.0 cm³/mol. The Hall–Kier alpha value is 0.500. The van der Waals surface area contributed by atoms with Crippen LogP contribution in [0.4, 0.5) is 0 Å². The van der Waals surface area contributed by atoms with E-state index in [9.17, 15) is 0 Å². The minimum Gasteiger partial charge on any atom is -0.299 e. The topological polar surface area (TPSA) is 6.48 Å². The molecular formula is C7H16Cl2N2. The normalized spacial score (nSPS) is 40.6. The van der Waals surface area contributed by atoms with Crippen LogP contribution in [0, 0.1) is 0 Å². The number of hydrogen-bond acceptors (Lipinski definition) is 2. The molecule has 0 aromatic heterocycles. The summed E-state index contributed by atoms with van der Waals surface area (Å²) < 4.78 is 0. The van der Waals surface area contributed by atoms with E-state index in [2.05, 4.69) is 16.7 Å². The molecule has 0 saturated carbocycles. The van der Waals surface area contributed by atoms with E-state index in [0.29, 0.717) is 0 Å². The average molecular weight is 199 g/mol. The van der Waals surface area contributed by atoms with Gasteiger partial charge in [-0.25, -0.2) is 0 Å². The van der Waals surface area contributed by atoms with Crippen molar-refractivity contribution >= 4 is 24.8 Å². The summed E-state index contributed by atoms with van der Waals surface area (Å²) in [7, 11) is 0. The zero-order valence-corrected chi connectivity index (χ0v) is 8.46. The molecule has 0 aromatic rings. The lowest BCUT2D eigenvalue weighted by Crippen LogP contribution is -2.59. The van der Waals surface area contributed by atoms with Crippen LogP contribution in [0.2, 0.25) is 0 Å². The zero-order chi connectivity index (χ0) is 6.27. The standard InChI is InChI=1S/C7H14N2.2ClH/c1-7-6-8-2-4-9(7)5-3-8;;/h7H,2-6H2,1H3;2*1H. The lowest BCUT2D eigenvalue weighted by molar-refractivity contribution is 0.0214. The molecule has 4 heteroatoms. The molecule has 3 heterocycles. The van der Waals surface area contributed by atoms with Crippen molar-refractivity contribution in [1.29, 1.82) is 0 Å². The molecule has 2 bridgehead atoms. The first-order chi connectivity index (χ1) is 4.36. The van der Waals surface area contributed by atoms with E-state index in [4.69, 9.17) is 0 Å². The van der Waals surface area contributed by atoms with Crippen molar-refractivity contribution in [3.05, 3.63) is 0 Å². The van der Waals surface area contributed by atoms with Crippen molar-refractivity contribution < 1.29 is 0 Å². The van der Waals surface area contributed by atoms with E-state index in [-0.39, 0.29) is 24.8 Å². The lowest BCUT2D eigenvalue weighted by Gasteiger charge is -2.46. The van der Waals surface area contributed by atoms with Gasteiger partial charge < -0.3 is 0 Å². The summed E-state index contributed by atoms with van der Waals surface area (Å²) in [6.45, 7) is 8.86. The Morgan fingerprint density at radius 1 is 1.00 bits per heavy atom. The molecule has 0 amide bonds. The van der Waals surface area contributed by atoms with Gasteiger partial charge in [0.15, 0.2) is 0 Å². The van der Waals surface area contributed by atoms with Crippen molar-refractivity contribution in [3.63, 3.8) is 0 Å². The van der Waals surface area contributed by atoms with Gasteiger partial charge in [-0.3, -0.25) is 9.80 Å². The van der Waals surface area contributed by atoms with Gasteiger partial charge in [-0.1, -0.05) is 0 Å². The minimum atomic E-state index is 0. The molecular weight excluding hydrogens is 183 g/mol. The Labute approximate surface area is 80.7 Å². The molecule has 3 fully saturated rings. The summed E-state index contributed by atoms with van der Waals surface area (Å²) in [5.41, 5.74) is 0. The van der Waals surface area contributed by atoms with Crippen molar-refractivity contribution in [3.8, 4) is 0 Å². The van der Waals surface area contributed by atoms with Gasteiger partial charge in [0.2, 0.25) is 0 Å². The Kier molecular flexibility index (Phi) is 4.71. The third kappa shape index (κ3) is 2.22. The van der Waals surface area contributed by atoms with Crippen LogP contribution in [0.3, 0.4) is 0 Å². The fraction of sp³-hybridized carbons (Fsp3) is 1.00. The molecule has 1 unspecified atom stereocenters. The summed E-state index contributed by atoms with van der Waals surface area (Å²) in [6.07, 6.45) is 0. The molecule has 2 nitrogen and oxygen atoms in total. The quantitative estimate of drug-likeness (QED) is 0.570. The van der Waals surface area contributed by atoms with Gasteiger partial charge in [0.05, 0.1) is 0 Å². The smallest absolute Gasteiger partial charge is 0.0195 e. The molecule has 0 radical (unpaired) electrons. The molecule has 3 aliphatic heterocycles. The van der Waals surface area contributed by atoms with Crippen LogP contribution in [0.15, 0.2) is 0 Å². The highest BCUT2D eigenvalue weighted by atomic mass is 35.5. The fourth-order valence-corrected chi connectivity index (χ4v) is 1.88. The number of rotatable bonds is 0. The Morgan fingerprint density at radius 3 is 1.73 bits per heavy atom. The first-order valence-electron chi connectivity index (χ1n) is 3.82. The minimum absolute atomic E-state index is 0. The lowest BCUT2D eigenvalue weighted by atomic mass is 10.1. The largest absolute Gasteiger partial charge is 0.299 e. The molecule has 0 aliphatic carbocycles. The van der Waals surface area contributed by atoms with Crippen LogP contribution in [0.5, 0.6) is 0 Å². The van der Waals surface area contributed by atoms with E-state index in [1.165, 1.54) is 32.7 Å². The molecule has 11 heavy (non-hydrogen) atoms. The maximum Gasteiger partial charge on any atom is 0.0195 e. The monoisotopic (exact) mass is 198 g/mol. The van der Waals surface area contributed by atoms with Crippen LogP contribution in [-0.4, -0.2) is 48.6 Å². The molecule has 68 valence electrons. The summed E-state index contributed by atoms with van der Waals surface area (Å²) in [4.78, 5) is 5.14. The highest BCUT2D eigenvalue weighted by molar-refractivity contribution is 5.85. The third-order valence-corrected chi connectivity index (χ3v) is 2.55. The second-order valence-corrected chi connectivity index (χ2v) is 3.19. The summed E-state index contributed by atoms with van der Waals surface area (Å²) in [5.74, 6) is 0. The van der Waals surface area contributed by atoms with Gasteiger partial charge in [-0.05, 0) is 6.92 Å². The highest BCUT2D eigenvalue weighted by Crippen LogP contribution is 2.13. The van der Waals surface area contributed by atoms with E-state index in [1.807, 2.05) is 0 Å². The second-order valence-electron chi connectivity index (χ2n) is 3.19. The SMILES string of the molecule is CC1CN2CCN1CC2.Cl.Cl. The number of halogens is 2. The second kappa shape index (κ2) is 4.51. The molecule has 0 spiro atoms. The Balaban J connectivity index is 0.000000500. The van der Waals surface area contributed by atoms with Crippen molar-refractivity contribution in [2.24, 2.45) is 0 Å². The zero-order valence-electron chi connectivity index (χ0n) is 6.82. The fourth-order valence-electron chi connectivity index (χ4n) is 1.88. The van der Waals surface area contributed by atoms with Crippen LogP contribution in [0.25, 0.3) is 0 Å². The summed E-state index contributed by atoms with van der Waals surface area (Å²) in [5, 5.41) is 0. The van der Waals surface area contributed by atoms with Crippen molar-refractivity contribution in [2.45, 2.75) is 13.0 Å². The molecule has 0 N–H and O–H groups in total. The van der Waals surface area contributed by atoms with E-state index in [0.717, 1.165) is 6.04 Å². The van der Waals surface area contributed by atoms with Crippen LogP contribution in [0.1, 0.15) is 6.92 Å². The first kappa shape index (κ1) is 11.5. The van der Waals surface area contributed by atoms with Crippen molar-refractivity contribution in [2.75, 3.05) is 32.7 Å². The number of hydrogen-bond donors (Lipinski definition) is 0. The van der Waals surface area contributed by atoms with Gasteiger partial charge in [0, 0.05) is 38.8 Å². The third-order valence-electron chi connectivity index (χ3n) is 2.55. The van der Waals surface area contributed by atoms with Gasteiger partial charge in [-0.15, -0.1) is 24.8 Å². The van der Waals surface area contributed by atoms with Gasteiger partial charge in [0.1, 0.15) is 0 Å². The van der Waals surface area contributed by atoms with E-state index in [1.54, 1.807) is 0 Å². The Morgan fingerprint density at radius 2 is 1.55 bits per heavy atom. The molecule has 1 atom stereocenters. The Bertz CT molecular complexity index is 113. The van der Waals surface area contributed by atoms with Gasteiger partial charge >= 0.3 is 0 Å². The summed E-state index contributed by atoms with van der Waals surface area (Å²) >= 11 is 0. The molecule has 0 aromatic carbocycles. The summed E-state index contributed by atoms with van der Waals surface area (Å²) in [6, 6.07) is 0.826. The van der Waals surface area contributed by atoms with Gasteiger partial charge in [0.25, 0.3) is 0 Å². The first-order valence-corrected chi connectivity index (χ1v) is 3.82. The molecule has 3 aliphatic rings. The maximum atomic E-state index is 2.58. The van der Waals surface area contributed by atoms with E-state index >= 15 is 0 Å². The average Bonchev–Trinajstić information content (AvgIpc) is 1.90. The molecule has 3 rings (SSSR count). The van der Waals surface area contributed by atoms with Crippen molar-refractivity contribution in [1.82, 2.24) is 9.80 Å². The number of nitrogens with zero attached hydrogens (tertiary/aromatic N) is 2. The number of fused-ring (bicyclic) bond motifs is 3. The van der Waals surface area contributed by atoms with Gasteiger partial charge in [-0.2, -0.15) is 0 Å². The van der Waals surface area contributed by atoms with Crippen LogP contribution < -0.4 is 0 Å². The van der Waals surface area contributed by atoms with Crippen LogP contribution >= 0.6 is 24.8 Å². The van der Waals surface area contributed by atoms with E-state index < -0.39 is 0 Å². The highest BCUT2D eigenvalue weighted by Gasteiger charge is 2.28. The molecule has 3 saturated heterocycles.